The number of hydrogen-bond donors (Lipinski definition) is 4. The van der Waals surface area contributed by atoms with Crippen LogP contribution in [0.5, 0.6) is 0 Å². The lowest BCUT2D eigenvalue weighted by atomic mass is 9.84. The van der Waals surface area contributed by atoms with Crippen molar-refractivity contribution in [3.8, 4) is 0 Å². The first-order valence-electron chi connectivity index (χ1n) is 4.91. The van der Waals surface area contributed by atoms with E-state index in [0.29, 0.717) is 0 Å². The number of hydrogen-bond acceptors (Lipinski definition) is 6. The molecule has 0 aliphatic carbocycles. The van der Waals surface area contributed by atoms with Crippen molar-refractivity contribution in [2.24, 2.45) is 0 Å². The highest BCUT2D eigenvalue weighted by molar-refractivity contribution is 5.05. The number of ether oxygens (including phenoxy) is 2. The summed E-state index contributed by atoms with van der Waals surface area (Å²) in [5, 5.41) is 38.1. The van der Waals surface area contributed by atoms with Crippen molar-refractivity contribution in [3.63, 3.8) is 0 Å². The summed E-state index contributed by atoms with van der Waals surface area (Å²) in [4.78, 5) is 0. The van der Waals surface area contributed by atoms with Crippen LogP contribution in [0.1, 0.15) is 13.3 Å². The van der Waals surface area contributed by atoms with E-state index in [1.54, 1.807) is 6.92 Å². The fourth-order valence-corrected chi connectivity index (χ4v) is 2.25. The Kier molecular flexibility index (Phi) is 2.53. The number of rotatable bonds is 2. The second-order valence-electron chi connectivity index (χ2n) is 4.48. The molecule has 5 atom stereocenters. The molecular formula is C9H16O6. The zero-order chi connectivity index (χ0) is 11.3. The summed E-state index contributed by atoms with van der Waals surface area (Å²) < 4.78 is 10.6. The molecule has 0 amide bonds. The van der Waals surface area contributed by atoms with Crippen LogP contribution in [0.2, 0.25) is 0 Å². The molecule has 2 fully saturated rings. The van der Waals surface area contributed by atoms with Crippen molar-refractivity contribution in [2.45, 2.75) is 43.0 Å². The van der Waals surface area contributed by atoms with E-state index >= 15 is 0 Å². The molecule has 2 saturated heterocycles. The van der Waals surface area contributed by atoms with Crippen LogP contribution in [0.3, 0.4) is 0 Å². The molecule has 2 aliphatic rings. The number of fused-ring (bicyclic) bond motifs is 2. The molecule has 0 spiro atoms. The first-order chi connectivity index (χ1) is 6.90. The fraction of sp³-hybridized carbons (Fsp3) is 1.00. The van der Waals surface area contributed by atoms with Gasteiger partial charge in [0.2, 0.25) is 0 Å². The normalized spacial score (nSPS) is 51.8. The fourth-order valence-electron chi connectivity index (χ4n) is 2.25. The Morgan fingerprint density at radius 1 is 1.53 bits per heavy atom. The van der Waals surface area contributed by atoms with Crippen LogP contribution in [-0.4, -0.2) is 63.3 Å². The molecule has 0 saturated carbocycles. The average molecular weight is 220 g/mol. The summed E-state index contributed by atoms with van der Waals surface area (Å²) in [7, 11) is 0. The van der Waals surface area contributed by atoms with Crippen molar-refractivity contribution in [1.82, 2.24) is 0 Å². The van der Waals surface area contributed by atoms with Crippen molar-refractivity contribution < 1.29 is 29.9 Å². The molecule has 6 nitrogen and oxygen atoms in total. The largest absolute Gasteiger partial charge is 0.394 e. The molecule has 2 heterocycles. The highest BCUT2D eigenvalue weighted by Crippen LogP contribution is 2.43. The highest BCUT2D eigenvalue weighted by atomic mass is 16.7. The predicted octanol–water partition coefficient (Wildman–Crippen LogP) is -2.03. The van der Waals surface area contributed by atoms with E-state index in [1.165, 1.54) is 0 Å². The Balaban J connectivity index is 2.22. The van der Waals surface area contributed by atoms with Gasteiger partial charge in [0.25, 0.3) is 0 Å². The lowest BCUT2D eigenvalue weighted by Crippen LogP contribution is -2.60. The Labute approximate surface area is 87.1 Å². The summed E-state index contributed by atoms with van der Waals surface area (Å²) >= 11 is 0. The van der Waals surface area contributed by atoms with Crippen molar-refractivity contribution in [3.05, 3.63) is 0 Å². The molecule has 88 valence electrons. The lowest BCUT2D eigenvalue weighted by molar-refractivity contribution is -0.283. The Hall–Kier alpha value is -0.240. The zero-order valence-electron chi connectivity index (χ0n) is 8.46. The molecule has 4 N–H and O–H groups in total. The van der Waals surface area contributed by atoms with Gasteiger partial charge >= 0.3 is 0 Å². The molecule has 0 aromatic rings. The van der Waals surface area contributed by atoms with Crippen molar-refractivity contribution in [2.75, 3.05) is 13.2 Å². The van der Waals surface area contributed by atoms with Crippen LogP contribution in [-0.2, 0) is 9.47 Å². The molecule has 2 rings (SSSR count). The van der Waals surface area contributed by atoms with Gasteiger partial charge in [0.1, 0.15) is 23.9 Å². The molecule has 0 aromatic carbocycles. The van der Waals surface area contributed by atoms with E-state index in [9.17, 15) is 15.3 Å². The molecule has 2 aliphatic heterocycles. The van der Waals surface area contributed by atoms with E-state index in [0.717, 1.165) is 0 Å². The summed E-state index contributed by atoms with van der Waals surface area (Å²) in [6.07, 6.45) is -3.35. The maximum absolute atomic E-state index is 10.0. The van der Waals surface area contributed by atoms with Crippen LogP contribution < -0.4 is 0 Å². The summed E-state index contributed by atoms with van der Waals surface area (Å²) in [5.41, 5.74) is -1.40. The van der Waals surface area contributed by atoms with Gasteiger partial charge in [-0.05, 0) is 6.92 Å². The minimum Gasteiger partial charge on any atom is -0.394 e. The predicted molar refractivity (Wildman–Crippen MR) is 47.9 cm³/mol. The molecule has 6 heteroatoms. The number of aliphatic hydroxyl groups excluding tert-OH is 3. The molecule has 0 radical (unpaired) electrons. The van der Waals surface area contributed by atoms with E-state index < -0.39 is 36.3 Å². The minimum absolute atomic E-state index is 0.0285. The molecular weight excluding hydrogens is 204 g/mol. The quantitative estimate of drug-likeness (QED) is 0.428. The maximum atomic E-state index is 10.0. The SMILES string of the molecule is CC12CC(O)(CO1)C(O)C(C(O)CO)O2. The maximum Gasteiger partial charge on any atom is 0.169 e. The summed E-state index contributed by atoms with van der Waals surface area (Å²) in [6.45, 7) is 1.07. The van der Waals surface area contributed by atoms with Gasteiger partial charge in [-0.2, -0.15) is 0 Å². The standard InChI is InChI=1S/C9H16O6/c1-8-3-9(13,4-14-8)7(12)6(15-8)5(11)2-10/h5-7,10-13H,2-4H2,1H3. The monoisotopic (exact) mass is 220 g/mol. The Morgan fingerprint density at radius 3 is 2.80 bits per heavy atom. The first kappa shape index (κ1) is 11.3. The molecule has 15 heavy (non-hydrogen) atoms. The summed E-state index contributed by atoms with van der Waals surface area (Å²) in [6, 6.07) is 0. The minimum atomic E-state index is -1.40. The van der Waals surface area contributed by atoms with E-state index in [4.69, 9.17) is 14.6 Å². The third-order valence-corrected chi connectivity index (χ3v) is 3.07. The van der Waals surface area contributed by atoms with Gasteiger partial charge in [-0.15, -0.1) is 0 Å². The van der Waals surface area contributed by atoms with Gasteiger partial charge in [0.05, 0.1) is 13.2 Å². The Bertz CT molecular complexity index is 259. The van der Waals surface area contributed by atoms with Crippen LogP contribution in [0.4, 0.5) is 0 Å². The molecule has 2 bridgehead atoms. The van der Waals surface area contributed by atoms with Crippen LogP contribution in [0, 0.1) is 0 Å². The van der Waals surface area contributed by atoms with Crippen molar-refractivity contribution >= 4 is 0 Å². The average Bonchev–Trinajstić information content (AvgIpc) is 2.46. The van der Waals surface area contributed by atoms with Gasteiger partial charge in [-0.25, -0.2) is 0 Å². The first-order valence-corrected chi connectivity index (χ1v) is 4.91. The van der Waals surface area contributed by atoms with Crippen LogP contribution in [0.25, 0.3) is 0 Å². The van der Waals surface area contributed by atoms with Gasteiger partial charge in [-0.3, -0.25) is 0 Å². The van der Waals surface area contributed by atoms with Gasteiger partial charge in [-0.1, -0.05) is 0 Å². The summed E-state index contributed by atoms with van der Waals surface area (Å²) in [5.74, 6) is -0.991. The van der Waals surface area contributed by atoms with Crippen LogP contribution >= 0.6 is 0 Å². The van der Waals surface area contributed by atoms with Gasteiger partial charge in [0.15, 0.2) is 5.79 Å². The van der Waals surface area contributed by atoms with Gasteiger partial charge < -0.3 is 29.9 Å². The third kappa shape index (κ3) is 1.67. The van der Waals surface area contributed by atoms with E-state index in [-0.39, 0.29) is 13.0 Å². The topological polar surface area (TPSA) is 99.4 Å². The van der Waals surface area contributed by atoms with Crippen LogP contribution in [0.15, 0.2) is 0 Å². The smallest absolute Gasteiger partial charge is 0.169 e. The highest BCUT2D eigenvalue weighted by Gasteiger charge is 2.60. The molecule has 0 aromatic heterocycles. The molecule has 5 unspecified atom stereocenters. The second-order valence-corrected chi connectivity index (χ2v) is 4.48. The van der Waals surface area contributed by atoms with E-state index in [2.05, 4.69) is 0 Å². The number of aliphatic hydroxyl groups is 4. The lowest BCUT2D eigenvalue weighted by Gasteiger charge is -2.42. The Morgan fingerprint density at radius 2 is 2.20 bits per heavy atom. The van der Waals surface area contributed by atoms with Gasteiger partial charge in [0, 0.05) is 6.42 Å². The van der Waals surface area contributed by atoms with E-state index in [1.807, 2.05) is 0 Å². The second kappa shape index (κ2) is 3.38. The zero-order valence-corrected chi connectivity index (χ0v) is 8.46. The third-order valence-electron chi connectivity index (χ3n) is 3.07. The van der Waals surface area contributed by atoms with Crippen molar-refractivity contribution in [1.29, 1.82) is 0 Å².